The Morgan fingerprint density at radius 1 is 1.40 bits per heavy atom. The molecule has 0 amide bonds. The molecule has 0 spiro atoms. The molecule has 0 aromatic heterocycles. The second kappa shape index (κ2) is 7.24. The Morgan fingerprint density at radius 2 is 2.20 bits per heavy atom. The van der Waals surface area contributed by atoms with Gasteiger partial charge in [0.15, 0.2) is 0 Å². The Morgan fingerprint density at radius 3 is 2.87 bits per heavy atom. The molecule has 0 aromatic rings. The molecule has 1 saturated heterocycles. The lowest BCUT2D eigenvalue weighted by molar-refractivity contribution is 0.211. The van der Waals surface area contributed by atoms with Crippen LogP contribution in [0.2, 0.25) is 0 Å². The normalized spacial score (nSPS) is 24.6. The maximum Gasteiger partial charge on any atom is 0.0221 e. The van der Waals surface area contributed by atoms with Crippen LogP contribution in [0.5, 0.6) is 0 Å². The van der Waals surface area contributed by atoms with Gasteiger partial charge < -0.3 is 5.32 Å². The molecule has 0 bridgehead atoms. The summed E-state index contributed by atoms with van der Waals surface area (Å²) in [7, 11) is 0. The zero-order valence-electron chi connectivity index (χ0n) is 10.8. The van der Waals surface area contributed by atoms with Gasteiger partial charge in [-0.25, -0.2) is 0 Å². The maximum atomic E-state index is 3.48. The first-order chi connectivity index (χ1) is 7.27. The van der Waals surface area contributed by atoms with Crippen molar-refractivity contribution in [1.29, 1.82) is 0 Å². The minimum absolute atomic E-state index is 0.809. The number of likely N-dealkylation sites (N-methyl/N-ethyl adjacent to an activating group) is 1. The molecule has 1 heterocycles. The van der Waals surface area contributed by atoms with Crippen LogP contribution < -0.4 is 5.32 Å². The van der Waals surface area contributed by atoms with E-state index in [0.717, 1.165) is 18.5 Å². The van der Waals surface area contributed by atoms with Crippen molar-refractivity contribution in [3.8, 4) is 0 Å². The lowest BCUT2D eigenvalue weighted by Gasteiger charge is -2.27. The van der Waals surface area contributed by atoms with E-state index in [-0.39, 0.29) is 0 Å². The van der Waals surface area contributed by atoms with Crippen molar-refractivity contribution in [2.24, 2.45) is 5.92 Å². The molecular formula is C13H28N2. The van der Waals surface area contributed by atoms with Crippen LogP contribution in [0.3, 0.4) is 0 Å². The molecule has 0 saturated carbocycles. The first kappa shape index (κ1) is 13.0. The number of nitrogens with zero attached hydrogens (tertiary/aromatic N) is 1. The van der Waals surface area contributed by atoms with Gasteiger partial charge in [0.1, 0.15) is 0 Å². The second-order valence-corrected chi connectivity index (χ2v) is 4.99. The predicted octanol–water partition coefficient (Wildman–Crippen LogP) is 2.50. The first-order valence-corrected chi connectivity index (χ1v) is 6.72. The van der Waals surface area contributed by atoms with Crippen molar-refractivity contribution in [2.45, 2.75) is 52.5 Å². The molecule has 2 nitrogen and oxygen atoms in total. The lowest BCUT2D eigenvalue weighted by atomic mass is 10.1. The monoisotopic (exact) mass is 212 g/mol. The molecule has 0 aromatic carbocycles. The molecule has 2 atom stereocenters. The summed E-state index contributed by atoms with van der Waals surface area (Å²) >= 11 is 0. The molecule has 0 aliphatic carbocycles. The van der Waals surface area contributed by atoms with E-state index in [1.165, 1.54) is 45.3 Å². The van der Waals surface area contributed by atoms with Crippen LogP contribution in [-0.4, -0.2) is 37.1 Å². The van der Waals surface area contributed by atoms with Crippen LogP contribution in [-0.2, 0) is 0 Å². The van der Waals surface area contributed by atoms with Gasteiger partial charge in [-0.3, -0.25) is 4.90 Å². The second-order valence-electron chi connectivity index (χ2n) is 4.99. The Balaban J connectivity index is 2.26. The van der Waals surface area contributed by atoms with E-state index in [9.17, 15) is 0 Å². The van der Waals surface area contributed by atoms with Crippen molar-refractivity contribution in [3.63, 3.8) is 0 Å². The van der Waals surface area contributed by atoms with Crippen LogP contribution in [0.25, 0.3) is 0 Å². The quantitative estimate of drug-likeness (QED) is 0.697. The molecule has 15 heavy (non-hydrogen) atoms. The molecule has 1 fully saturated rings. The minimum Gasteiger partial charge on any atom is -0.315 e. The number of nitrogens with one attached hydrogen (secondary N) is 1. The average molecular weight is 212 g/mol. The van der Waals surface area contributed by atoms with Crippen molar-refractivity contribution < 1.29 is 0 Å². The van der Waals surface area contributed by atoms with Crippen LogP contribution in [0, 0.1) is 5.92 Å². The maximum absolute atomic E-state index is 3.48. The number of likely N-dealkylation sites (tertiary alicyclic amines) is 1. The van der Waals surface area contributed by atoms with Gasteiger partial charge in [0, 0.05) is 19.1 Å². The topological polar surface area (TPSA) is 15.3 Å². The van der Waals surface area contributed by atoms with E-state index in [1.807, 2.05) is 0 Å². The lowest BCUT2D eigenvalue weighted by Crippen LogP contribution is -2.40. The SMILES string of the molecule is CCCC(C)CN1CCCC1CNCC. The molecule has 1 aliphatic heterocycles. The predicted molar refractivity (Wildman–Crippen MR) is 67.2 cm³/mol. The molecule has 1 N–H and O–H groups in total. The summed E-state index contributed by atoms with van der Waals surface area (Å²) in [6.45, 7) is 11.8. The van der Waals surface area contributed by atoms with E-state index >= 15 is 0 Å². The summed E-state index contributed by atoms with van der Waals surface area (Å²) in [5.41, 5.74) is 0. The Labute approximate surface area is 95.4 Å². The van der Waals surface area contributed by atoms with Crippen LogP contribution >= 0.6 is 0 Å². The van der Waals surface area contributed by atoms with Crippen molar-refractivity contribution in [2.75, 3.05) is 26.2 Å². The summed E-state index contributed by atoms with van der Waals surface area (Å²) < 4.78 is 0. The van der Waals surface area contributed by atoms with E-state index in [4.69, 9.17) is 0 Å². The minimum atomic E-state index is 0.809. The Bertz CT molecular complexity index is 159. The van der Waals surface area contributed by atoms with Crippen molar-refractivity contribution in [3.05, 3.63) is 0 Å². The third-order valence-corrected chi connectivity index (χ3v) is 3.46. The zero-order chi connectivity index (χ0) is 11.1. The largest absolute Gasteiger partial charge is 0.315 e. The standard InChI is InChI=1S/C13H28N2/c1-4-7-12(3)11-15-9-6-8-13(15)10-14-5-2/h12-14H,4-11H2,1-3H3. The molecule has 90 valence electrons. The summed E-state index contributed by atoms with van der Waals surface area (Å²) in [6, 6.07) is 0.809. The summed E-state index contributed by atoms with van der Waals surface area (Å²) in [4.78, 5) is 2.70. The van der Waals surface area contributed by atoms with Crippen LogP contribution in [0.15, 0.2) is 0 Å². The molecular weight excluding hydrogens is 184 g/mol. The van der Waals surface area contributed by atoms with Gasteiger partial charge in [-0.1, -0.05) is 27.2 Å². The molecule has 1 aliphatic rings. The molecule has 0 radical (unpaired) electrons. The van der Waals surface area contributed by atoms with Gasteiger partial charge in [0.2, 0.25) is 0 Å². The van der Waals surface area contributed by atoms with Crippen molar-refractivity contribution >= 4 is 0 Å². The highest BCUT2D eigenvalue weighted by Gasteiger charge is 2.24. The smallest absolute Gasteiger partial charge is 0.0221 e. The van der Waals surface area contributed by atoms with Crippen LogP contribution in [0.4, 0.5) is 0 Å². The summed E-state index contributed by atoms with van der Waals surface area (Å²) in [6.07, 6.45) is 5.50. The van der Waals surface area contributed by atoms with Crippen LogP contribution in [0.1, 0.15) is 46.5 Å². The van der Waals surface area contributed by atoms with E-state index in [1.54, 1.807) is 0 Å². The van der Waals surface area contributed by atoms with Crippen molar-refractivity contribution in [1.82, 2.24) is 10.2 Å². The average Bonchev–Trinajstić information content (AvgIpc) is 2.63. The number of hydrogen-bond donors (Lipinski definition) is 1. The Hall–Kier alpha value is -0.0800. The zero-order valence-corrected chi connectivity index (χ0v) is 10.8. The third-order valence-electron chi connectivity index (χ3n) is 3.46. The van der Waals surface area contributed by atoms with Gasteiger partial charge in [0.25, 0.3) is 0 Å². The third kappa shape index (κ3) is 4.52. The highest BCUT2D eigenvalue weighted by molar-refractivity contribution is 4.81. The van der Waals surface area contributed by atoms with Gasteiger partial charge in [-0.15, -0.1) is 0 Å². The fraction of sp³-hybridized carbons (Fsp3) is 1.00. The van der Waals surface area contributed by atoms with E-state index in [0.29, 0.717) is 0 Å². The molecule has 1 rings (SSSR count). The summed E-state index contributed by atoms with van der Waals surface area (Å²) in [5.74, 6) is 0.872. The fourth-order valence-electron chi connectivity index (χ4n) is 2.66. The van der Waals surface area contributed by atoms with Gasteiger partial charge in [0.05, 0.1) is 0 Å². The highest BCUT2D eigenvalue weighted by Crippen LogP contribution is 2.19. The summed E-state index contributed by atoms with van der Waals surface area (Å²) in [5, 5.41) is 3.48. The number of hydrogen-bond acceptors (Lipinski definition) is 2. The molecule has 2 heteroatoms. The number of rotatable bonds is 7. The fourth-order valence-corrected chi connectivity index (χ4v) is 2.66. The van der Waals surface area contributed by atoms with Gasteiger partial charge in [-0.05, 0) is 38.3 Å². The van der Waals surface area contributed by atoms with E-state index in [2.05, 4.69) is 31.0 Å². The molecule has 2 unspecified atom stereocenters. The Kier molecular flexibility index (Phi) is 6.26. The highest BCUT2D eigenvalue weighted by atomic mass is 15.2. The van der Waals surface area contributed by atoms with Gasteiger partial charge in [-0.2, -0.15) is 0 Å². The van der Waals surface area contributed by atoms with Gasteiger partial charge >= 0.3 is 0 Å². The van der Waals surface area contributed by atoms with E-state index < -0.39 is 0 Å². The first-order valence-electron chi connectivity index (χ1n) is 6.72.